The lowest BCUT2D eigenvalue weighted by Crippen LogP contribution is -2.51. The first kappa shape index (κ1) is 17.1. The molecule has 21 heavy (non-hydrogen) atoms. The Labute approximate surface area is 135 Å². The molecule has 4 heteroatoms. The van der Waals surface area contributed by atoms with Gasteiger partial charge in [-0.05, 0) is 63.7 Å². The third kappa shape index (κ3) is 3.10. The first-order valence-electron chi connectivity index (χ1n) is 8.69. The molecular formula is C17H31ClN2O. The zero-order valence-electron chi connectivity index (χ0n) is 13.5. The molecule has 0 spiro atoms. The maximum atomic E-state index is 13.0. The molecule has 0 aromatic rings. The zero-order valence-corrected chi connectivity index (χ0v) is 14.3. The predicted octanol–water partition coefficient (Wildman–Crippen LogP) is 3.35. The molecule has 0 radical (unpaired) electrons. The van der Waals surface area contributed by atoms with Crippen LogP contribution >= 0.6 is 12.4 Å². The summed E-state index contributed by atoms with van der Waals surface area (Å²) in [5, 5.41) is 0. The smallest absolute Gasteiger partial charge is 0.226 e. The average molecular weight is 315 g/mol. The second kappa shape index (κ2) is 6.87. The quantitative estimate of drug-likeness (QED) is 0.849. The number of carbonyl (C=O) groups is 1. The Morgan fingerprint density at radius 1 is 1.14 bits per heavy atom. The van der Waals surface area contributed by atoms with Crippen LogP contribution in [-0.4, -0.2) is 28.9 Å². The SMILES string of the molecule is CCC1CCC(C)N1C(=O)C1CC2CCCC(C1)C2N.Cl. The monoisotopic (exact) mass is 314 g/mol. The largest absolute Gasteiger partial charge is 0.337 e. The normalized spacial score (nSPS) is 42.5. The highest BCUT2D eigenvalue weighted by molar-refractivity contribution is 5.85. The van der Waals surface area contributed by atoms with E-state index in [2.05, 4.69) is 18.7 Å². The Kier molecular flexibility index (Phi) is 5.59. The highest BCUT2D eigenvalue weighted by atomic mass is 35.5. The lowest BCUT2D eigenvalue weighted by Gasteiger charge is -2.45. The Morgan fingerprint density at radius 3 is 2.33 bits per heavy atom. The zero-order chi connectivity index (χ0) is 14.3. The minimum absolute atomic E-state index is 0. The number of nitrogens with two attached hydrogens (primary N) is 1. The van der Waals surface area contributed by atoms with E-state index in [9.17, 15) is 4.79 Å². The molecular weight excluding hydrogens is 284 g/mol. The van der Waals surface area contributed by atoms with Crippen LogP contribution in [-0.2, 0) is 4.79 Å². The number of amides is 1. The predicted molar refractivity (Wildman–Crippen MR) is 88.4 cm³/mol. The standard InChI is InChI=1S/C17H30N2O.ClH/c1-3-15-8-7-11(2)19(15)17(20)14-9-12-5-4-6-13(10-14)16(12)18;/h11-16H,3-10,18H2,1-2H3;1H. The first-order valence-corrected chi connectivity index (χ1v) is 8.69. The number of hydrogen-bond acceptors (Lipinski definition) is 2. The van der Waals surface area contributed by atoms with E-state index in [-0.39, 0.29) is 18.3 Å². The fourth-order valence-electron chi connectivity index (χ4n) is 5.07. The summed E-state index contributed by atoms with van der Waals surface area (Å²) in [4.78, 5) is 15.2. The molecule has 3 rings (SSSR count). The van der Waals surface area contributed by atoms with Crippen LogP contribution < -0.4 is 5.73 Å². The second-order valence-electron chi connectivity index (χ2n) is 7.43. The molecule has 0 aromatic heterocycles. The van der Waals surface area contributed by atoms with Crippen LogP contribution in [0.5, 0.6) is 0 Å². The fourth-order valence-corrected chi connectivity index (χ4v) is 5.07. The third-order valence-electron chi connectivity index (χ3n) is 6.27. The summed E-state index contributed by atoms with van der Waals surface area (Å²) < 4.78 is 0. The summed E-state index contributed by atoms with van der Waals surface area (Å²) in [6.07, 6.45) is 9.40. The molecule has 4 atom stereocenters. The van der Waals surface area contributed by atoms with Gasteiger partial charge in [0.25, 0.3) is 0 Å². The molecule has 2 N–H and O–H groups in total. The van der Waals surface area contributed by atoms with Gasteiger partial charge in [-0.15, -0.1) is 12.4 Å². The lowest BCUT2D eigenvalue weighted by molar-refractivity contribution is -0.141. The molecule has 3 fully saturated rings. The van der Waals surface area contributed by atoms with Crippen LogP contribution in [0.4, 0.5) is 0 Å². The van der Waals surface area contributed by atoms with Crippen LogP contribution in [0.15, 0.2) is 0 Å². The second-order valence-corrected chi connectivity index (χ2v) is 7.43. The highest BCUT2D eigenvalue weighted by Crippen LogP contribution is 2.43. The van der Waals surface area contributed by atoms with Crippen molar-refractivity contribution in [3.63, 3.8) is 0 Å². The van der Waals surface area contributed by atoms with Crippen molar-refractivity contribution in [1.82, 2.24) is 4.90 Å². The van der Waals surface area contributed by atoms with Crippen molar-refractivity contribution in [1.29, 1.82) is 0 Å². The maximum Gasteiger partial charge on any atom is 0.226 e. The van der Waals surface area contributed by atoms with E-state index >= 15 is 0 Å². The number of likely N-dealkylation sites (tertiary alicyclic amines) is 1. The van der Waals surface area contributed by atoms with Gasteiger partial charge in [0.05, 0.1) is 0 Å². The minimum atomic E-state index is 0. The van der Waals surface area contributed by atoms with Gasteiger partial charge in [-0.1, -0.05) is 13.3 Å². The molecule has 2 aliphatic carbocycles. The van der Waals surface area contributed by atoms with Crippen LogP contribution in [0.25, 0.3) is 0 Å². The third-order valence-corrected chi connectivity index (χ3v) is 6.27. The number of rotatable bonds is 2. The van der Waals surface area contributed by atoms with Crippen molar-refractivity contribution in [2.45, 2.75) is 83.3 Å². The van der Waals surface area contributed by atoms with E-state index in [0.29, 0.717) is 35.9 Å². The van der Waals surface area contributed by atoms with E-state index < -0.39 is 0 Å². The van der Waals surface area contributed by atoms with Crippen molar-refractivity contribution in [2.75, 3.05) is 0 Å². The maximum absolute atomic E-state index is 13.0. The van der Waals surface area contributed by atoms with Crippen LogP contribution in [0.3, 0.4) is 0 Å². The van der Waals surface area contributed by atoms with Crippen LogP contribution in [0, 0.1) is 17.8 Å². The minimum Gasteiger partial charge on any atom is -0.337 e. The number of hydrogen-bond donors (Lipinski definition) is 1. The average Bonchev–Trinajstić information content (AvgIpc) is 2.78. The van der Waals surface area contributed by atoms with E-state index in [0.717, 1.165) is 19.3 Å². The molecule has 1 saturated heterocycles. The molecule has 1 aliphatic heterocycles. The van der Waals surface area contributed by atoms with Crippen molar-refractivity contribution >= 4 is 18.3 Å². The summed E-state index contributed by atoms with van der Waals surface area (Å²) in [6, 6.07) is 1.31. The highest BCUT2D eigenvalue weighted by Gasteiger charge is 2.44. The Bertz CT molecular complexity index is 362. The number of carbonyl (C=O) groups excluding carboxylic acids is 1. The van der Waals surface area contributed by atoms with Gasteiger partial charge in [0, 0.05) is 24.0 Å². The Hall–Kier alpha value is -0.280. The number of halogens is 1. The molecule has 1 amide bonds. The summed E-state index contributed by atoms with van der Waals surface area (Å²) in [5.41, 5.74) is 6.36. The Balaban J connectivity index is 0.00000161. The van der Waals surface area contributed by atoms with Crippen molar-refractivity contribution in [3.05, 3.63) is 0 Å². The molecule has 3 nitrogen and oxygen atoms in total. The molecule has 3 aliphatic rings. The molecule has 2 bridgehead atoms. The molecule has 2 saturated carbocycles. The Morgan fingerprint density at radius 2 is 1.76 bits per heavy atom. The van der Waals surface area contributed by atoms with E-state index in [1.807, 2.05) is 0 Å². The fraction of sp³-hybridized carbons (Fsp3) is 0.941. The topological polar surface area (TPSA) is 46.3 Å². The van der Waals surface area contributed by atoms with Gasteiger partial charge in [-0.25, -0.2) is 0 Å². The van der Waals surface area contributed by atoms with Gasteiger partial charge in [-0.2, -0.15) is 0 Å². The van der Waals surface area contributed by atoms with E-state index in [1.165, 1.54) is 32.1 Å². The number of nitrogens with zero attached hydrogens (tertiary/aromatic N) is 1. The van der Waals surface area contributed by atoms with E-state index in [4.69, 9.17) is 5.73 Å². The van der Waals surface area contributed by atoms with Crippen LogP contribution in [0.2, 0.25) is 0 Å². The summed E-state index contributed by atoms with van der Waals surface area (Å²) in [6.45, 7) is 4.44. The molecule has 0 aromatic carbocycles. The molecule has 1 heterocycles. The summed E-state index contributed by atoms with van der Waals surface area (Å²) in [5.74, 6) is 1.93. The van der Waals surface area contributed by atoms with Crippen LogP contribution in [0.1, 0.15) is 65.2 Å². The van der Waals surface area contributed by atoms with Gasteiger partial charge < -0.3 is 10.6 Å². The van der Waals surface area contributed by atoms with Crippen molar-refractivity contribution in [2.24, 2.45) is 23.5 Å². The lowest BCUT2D eigenvalue weighted by atomic mass is 9.65. The van der Waals surface area contributed by atoms with Crippen molar-refractivity contribution < 1.29 is 4.79 Å². The first-order chi connectivity index (χ1) is 9.61. The summed E-state index contributed by atoms with van der Waals surface area (Å²) in [7, 11) is 0. The van der Waals surface area contributed by atoms with Gasteiger partial charge in [0.2, 0.25) is 5.91 Å². The van der Waals surface area contributed by atoms with Gasteiger partial charge in [0.1, 0.15) is 0 Å². The van der Waals surface area contributed by atoms with Gasteiger partial charge >= 0.3 is 0 Å². The van der Waals surface area contributed by atoms with Gasteiger partial charge in [0.15, 0.2) is 0 Å². The number of fused-ring (bicyclic) bond motifs is 2. The van der Waals surface area contributed by atoms with E-state index in [1.54, 1.807) is 0 Å². The van der Waals surface area contributed by atoms with Crippen molar-refractivity contribution in [3.8, 4) is 0 Å². The molecule has 122 valence electrons. The molecule has 4 unspecified atom stereocenters. The summed E-state index contributed by atoms with van der Waals surface area (Å²) >= 11 is 0. The van der Waals surface area contributed by atoms with Gasteiger partial charge in [-0.3, -0.25) is 4.79 Å².